The van der Waals surface area contributed by atoms with Crippen LogP contribution in [0, 0.1) is 0 Å². The van der Waals surface area contributed by atoms with Crippen LogP contribution in [0.5, 0.6) is 5.75 Å². The Bertz CT molecular complexity index is 522. The monoisotopic (exact) mass is 288 g/mol. The second kappa shape index (κ2) is 6.06. The molecule has 1 saturated heterocycles. The van der Waals surface area contributed by atoms with Crippen molar-refractivity contribution in [3.63, 3.8) is 0 Å². The van der Waals surface area contributed by atoms with Crippen molar-refractivity contribution < 1.29 is 9.53 Å². The van der Waals surface area contributed by atoms with Gasteiger partial charge in [-0.15, -0.1) is 0 Å². The summed E-state index contributed by atoms with van der Waals surface area (Å²) in [7, 11) is 0. The number of likely N-dealkylation sites (tertiary alicyclic amines) is 1. The van der Waals surface area contributed by atoms with Crippen molar-refractivity contribution in [3.05, 3.63) is 29.3 Å². The molecule has 1 aromatic carbocycles. The van der Waals surface area contributed by atoms with E-state index in [0.717, 1.165) is 44.7 Å². The lowest BCUT2D eigenvalue weighted by molar-refractivity contribution is -0.129. The first-order chi connectivity index (χ1) is 10.1. The molecular formula is C17H24N2O2. The maximum absolute atomic E-state index is 11.4. The third kappa shape index (κ3) is 3.21. The van der Waals surface area contributed by atoms with Gasteiger partial charge in [0.15, 0.2) is 0 Å². The highest BCUT2D eigenvalue weighted by Crippen LogP contribution is 2.28. The number of ether oxygens (including phenoxy) is 1. The number of piperidine rings is 1. The molecule has 1 unspecified atom stereocenters. The number of rotatable bonds is 3. The third-order valence-corrected chi connectivity index (χ3v) is 4.64. The summed E-state index contributed by atoms with van der Waals surface area (Å²) in [5.41, 5.74) is 2.65. The number of nitrogens with one attached hydrogen (secondary N) is 1. The minimum Gasteiger partial charge on any atom is -0.493 e. The highest BCUT2D eigenvalue weighted by molar-refractivity contribution is 5.73. The molecule has 114 valence electrons. The van der Waals surface area contributed by atoms with Gasteiger partial charge in [-0.2, -0.15) is 0 Å². The van der Waals surface area contributed by atoms with Gasteiger partial charge in [0.1, 0.15) is 5.75 Å². The Labute approximate surface area is 126 Å². The van der Waals surface area contributed by atoms with Crippen molar-refractivity contribution in [2.24, 2.45) is 0 Å². The van der Waals surface area contributed by atoms with E-state index < -0.39 is 0 Å². The summed E-state index contributed by atoms with van der Waals surface area (Å²) in [6.07, 6.45) is 3.10. The molecular weight excluding hydrogens is 264 g/mol. The Morgan fingerprint density at radius 3 is 2.86 bits per heavy atom. The largest absolute Gasteiger partial charge is 0.493 e. The molecule has 0 aromatic heterocycles. The Morgan fingerprint density at radius 1 is 1.38 bits per heavy atom. The van der Waals surface area contributed by atoms with E-state index in [1.165, 1.54) is 11.1 Å². The summed E-state index contributed by atoms with van der Waals surface area (Å²) in [4.78, 5) is 13.3. The molecule has 4 nitrogen and oxygen atoms in total. The number of amides is 1. The zero-order valence-electron chi connectivity index (χ0n) is 12.9. The van der Waals surface area contributed by atoms with Crippen LogP contribution in [0.1, 0.15) is 43.9 Å². The predicted octanol–water partition coefficient (Wildman–Crippen LogP) is 2.28. The second-order valence-electron chi connectivity index (χ2n) is 6.13. The number of hydrogen-bond donors (Lipinski definition) is 1. The molecule has 0 bridgehead atoms. The Morgan fingerprint density at radius 2 is 2.14 bits per heavy atom. The van der Waals surface area contributed by atoms with E-state index >= 15 is 0 Å². The topological polar surface area (TPSA) is 41.6 Å². The molecule has 2 aliphatic heterocycles. The van der Waals surface area contributed by atoms with Crippen molar-refractivity contribution in [1.29, 1.82) is 0 Å². The van der Waals surface area contributed by atoms with E-state index in [9.17, 15) is 4.79 Å². The third-order valence-electron chi connectivity index (χ3n) is 4.64. The fourth-order valence-electron chi connectivity index (χ4n) is 3.29. The molecule has 0 saturated carbocycles. The fourth-order valence-corrected chi connectivity index (χ4v) is 3.29. The number of nitrogens with zero attached hydrogens (tertiary/aromatic N) is 1. The normalized spacial score (nSPS) is 20.0. The zero-order chi connectivity index (χ0) is 14.8. The van der Waals surface area contributed by atoms with Crippen molar-refractivity contribution in [3.8, 4) is 5.75 Å². The number of fused-ring (bicyclic) bond motifs is 1. The molecule has 1 aromatic rings. The van der Waals surface area contributed by atoms with Gasteiger partial charge >= 0.3 is 0 Å². The van der Waals surface area contributed by atoms with Gasteiger partial charge in [-0.05, 0) is 37.0 Å². The highest BCUT2D eigenvalue weighted by atomic mass is 16.5. The van der Waals surface area contributed by atoms with Gasteiger partial charge < -0.3 is 15.0 Å². The molecule has 2 heterocycles. The molecule has 0 aliphatic carbocycles. The van der Waals surface area contributed by atoms with Crippen molar-refractivity contribution in [2.75, 3.05) is 19.7 Å². The van der Waals surface area contributed by atoms with Crippen molar-refractivity contribution in [1.82, 2.24) is 10.2 Å². The van der Waals surface area contributed by atoms with Gasteiger partial charge in [-0.1, -0.05) is 12.1 Å². The van der Waals surface area contributed by atoms with Crippen LogP contribution < -0.4 is 10.1 Å². The number of hydrogen-bond acceptors (Lipinski definition) is 3. The molecule has 0 spiro atoms. The van der Waals surface area contributed by atoms with Crippen LogP contribution in [-0.2, 0) is 11.2 Å². The van der Waals surface area contributed by atoms with Crippen molar-refractivity contribution >= 4 is 5.91 Å². The van der Waals surface area contributed by atoms with Gasteiger partial charge in [0, 0.05) is 38.5 Å². The second-order valence-corrected chi connectivity index (χ2v) is 6.13. The minimum atomic E-state index is 0.195. The first-order valence-corrected chi connectivity index (χ1v) is 7.90. The Kier molecular flexibility index (Phi) is 4.15. The van der Waals surface area contributed by atoms with Crippen LogP contribution >= 0.6 is 0 Å². The molecule has 0 radical (unpaired) electrons. The predicted molar refractivity (Wildman–Crippen MR) is 82.5 cm³/mol. The summed E-state index contributed by atoms with van der Waals surface area (Å²) in [6.45, 7) is 6.43. The van der Waals surface area contributed by atoms with Crippen LogP contribution in [0.15, 0.2) is 18.2 Å². The van der Waals surface area contributed by atoms with Crippen LogP contribution in [0.3, 0.4) is 0 Å². The van der Waals surface area contributed by atoms with Crippen molar-refractivity contribution in [2.45, 2.75) is 45.2 Å². The summed E-state index contributed by atoms with van der Waals surface area (Å²) < 4.78 is 5.56. The van der Waals surface area contributed by atoms with E-state index in [1.54, 1.807) is 6.92 Å². The maximum atomic E-state index is 11.4. The Hall–Kier alpha value is -1.55. The summed E-state index contributed by atoms with van der Waals surface area (Å²) in [6, 6.07) is 7.36. The lowest BCUT2D eigenvalue weighted by atomic mass is 10.00. The van der Waals surface area contributed by atoms with Crippen LogP contribution in [0.2, 0.25) is 0 Å². The summed E-state index contributed by atoms with van der Waals surface area (Å²) >= 11 is 0. The van der Waals surface area contributed by atoms with E-state index in [1.807, 2.05) is 4.90 Å². The molecule has 2 aliphatic rings. The maximum Gasteiger partial charge on any atom is 0.219 e. The van der Waals surface area contributed by atoms with E-state index in [-0.39, 0.29) is 5.91 Å². The quantitative estimate of drug-likeness (QED) is 0.928. The summed E-state index contributed by atoms with van der Waals surface area (Å²) in [5.74, 6) is 1.24. The molecule has 1 fully saturated rings. The van der Waals surface area contributed by atoms with Crippen LogP contribution in [0.25, 0.3) is 0 Å². The molecule has 1 atom stereocenters. The fraction of sp³-hybridized carbons (Fsp3) is 0.588. The van der Waals surface area contributed by atoms with E-state index in [4.69, 9.17) is 4.74 Å². The Balaban J connectivity index is 1.57. The number of carbonyl (C=O) groups excluding carboxylic acids is 1. The average molecular weight is 288 g/mol. The van der Waals surface area contributed by atoms with Gasteiger partial charge in [-0.25, -0.2) is 0 Å². The van der Waals surface area contributed by atoms with Gasteiger partial charge in [0.25, 0.3) is 0 Å². The lowest BCUT2D eigenvalue weighted by Gasteiger charge is -2.33. The van der Waals surface area contributed by atoms with Gasteiger partial charge in [-0.3, -0.25) is 4.79 Å². The standard InChI is InChI=1S/C17H24N2O2/c1-12(14-3-4-17-15(11-14)7-10-21-17)18-16-5-8-19(9-6-16)13(2)20/h3-4,11-12,16,18H,5-10H2,1-2H3. The van der Waals surface area contributed by atoms with Gasteiger partial charge in [0.2, 0.25) is 5.91 Å². The average Bonchev–Trinajstić information content (AvgIpc) is 2.95. The zero-order valence-corrected chi connectivity index (χ0v) is 12.9. The molecule has 1 amide bonds. The SMILES string of the molecule is CC(=O)N1CCC(NC(C)c2ccc3c(c2)CCO3)CC1. The van der Waals surface area contributed by atoms with E-state index in [2.05, 4.69) is 30.4 Å². The minimum absolute atomic E-state index is 0.195. The summed E-state index contributed by atoms with van der Waals surface area (Å²) in [5, 5.41) is 3.71. The first-order valence-electron chi connectivity index (χ1n) is 7.90. The van der Waals surface area contributed by atoms with E-state index in [0.29, 0.717) is 12.1 Å². The lowest BCUT2D eigenvalue weighted by Crippen LogP contribution is -2.44. The number of benzene rings is 1. The number of carbonyl (C=O) groups is 1. The molecule has 21 heavy (non-hydrogen) atoms. The van der Waals surface area contributed by atoms with Gasteiger partial charge in [0.05, 0.1) is 6.61 Å². The smallest absolute Gasteiger partial charge is 0.219 e. The first kappa shape index (κ1) is 14.4. The highest BCUT2D eigenvalue weighted by Gasteiger charge is 2.22. The molecule has 3 rings (SSSR count). The van der Waals surface area contributed by atoms with Crippen LogP contribution in [0.4, 0.5) is 0 Å². The van der Waals surface area contributed by atoms with Crippen LogP contribution in [-0.4, -0.2) is 36.5 Å². The molecule has 4 heteroatoms. The molecule has 1 N–H and O–H groups in total.